The van der Waals surface area contributed by atoms with Crippen molar-refractivity contribution in [3.05, 3.63) is 33.1 Å². The number of rotatable bonds is 6. The maximum Gasteiger partial charge on any atom is 0.328 e. The number of hydrogen-bond acceptors (Lipinski definition) is 6. The summed E-state index contributed by atoms with van der Waals surface area (Å²) in [4.78, 5) is 24.3. The van der Waals surface area contributed by atoms with Crippen molar-refractivity contribution < 1.29 is 18.0 Å². The molecule has 1 aromatic rings. The van der Waals surface area contributed by atoms with Crippen LogP contribution >= 0.6 is 23.0 Å². The van der Waals surface area contributed by atoms with Gasteiger partial charge in [-0.15, -0.1) is 0 Å². The van der Waals surface area contributed by atoms with Gasteiger partial charge in [-0.3, -0.25) is 12.8 Å². The molecule has 0 saturated heterocycles. The lowest BCUT2D eigenvalue weighted by molar-refractivity contribution is -0.327. The van der Waals surface area contributed by atoms with Gasteiger partial charge in [0.15, 0.2) is 0 Å². The number of ether oxygens (including phenoxy) is 1. The van der Waals surface area contributed by atoms with Crippen LogP contribution in [0.25, 0.3) is 0 Å². The van der Waals surface area contributed by atoms with Crippen molar-refractivity contribution in [2.75, 3.05) is 7.11 Å². The SMILES string of the molecule is COC(CCn1ccc(=O)[nH]c1=O)C(O)(O)OI. The van der Waals surface area contributed by atoms with Gasteiger partial charge in [0.1, 0.15) is 29.1 Å². The van der Waals surface area contributed by atoms with Crippen LogP contribution in [0.2, 0.25) is 0 Å². The highest BCUT2D eigenvalue weighted by Gasteiger charge is 2.35. The minimum absolute atomic E-state index is 0.110. The van der Waals surface area contributed by atoms with Gasteiger partial charge in [-0.1, -0.05) is 0 Å². The van der Waals surface area contributed by atoms with Crippen LogP contribution < -0.4 is 11.2 Å². The number of aromatic amines is 1. The quantitative estimate of drug-likeness (QED) is 0.434. The molecule has 3 N–H and O–H groups in total. The van der Waals surface area contributed by atoms with E-state index in [9.17, 15) is 19.8 Å². The van der Waals surface area contributed by atoms with Crippen molar-refractivity contribution in [1.29, 1.82) is 0 Å². The molecule has 0 saturated carbocycles. The first-order valence-electron chi connectivity index (χ1n) is 4.97. The third-order valence-corrected chi connectivity index (χ3v) is 2.99. The molecule has 0 aliphatic heterocycles. The Hall–Kier alpha value is -0.750. The number of H-pyrrole nitrogens is 1. The molecule has 8 nitrogen and oxygen atoms in total. The summed E-state index contributed by atoms with van der Waals surface area (Å²) >= 11 is 1.34. The number of aliphatic hydroxyl groups is 2. The number of nitrogens with one attached hydrogen (secondary N) is 1. The van der Waals surface area contributed by atoms with E-state index in [1.165, 1.54) is 46.9 Å². The van der Waals surface area contributed by atoms with E-state index in [-0.39, 0.29) is 13.0 Å². The molecule has 18 heavy (non-hydrogen) atoms. The smallest absolute Gasteiger partial charge is 0.328 e. The lowest BCUT2D eigenvalue weighted by atomic mass is 10.2. The van der Waals surface area contributed by atoms with Gasteiger partial charge in [0, 0.05) is 25.9 Å². The van der Waals surface area contributed by atoms with E-state index in [4.69, 9.17) is 4.74 Å². The van der Waals surface area contributed by atoms with Crippen LogP contribution in [0.15, 0.2) is 21.9 Å². The molecule has 1 unspecified atom stereocenters. The summed E-state index contributed by atoms with van der Waals surface area (Å²) in [5.74, 6) is -2.44. The third-order valence-electron chi connectivity index (χ3n) is 2.35. The van der Waals surface area contributed by atoms with Gasteiger partial charge in [0.2, 0.25) is 0 Å². The minimum atomic E-state index is -2.44. The molecule has 0 aliphatic carbocycles. The summed E-state index contributed by atoms with van der Waals surface area (Å²) in [6.07, 6.45) is 0.390. The largest absolute Gasteiger partial charge is 0.373 e. The summed E-state index contributed by atoms with van der Waals surface area (Å²) in [5, 5.41) is 18.9. The number of aromatic nitrogens is 2. The molecule has 0 bridgehead atoms. The van der Waals surface area contributed by atoms with Crippen LogP contribution in [0.3, 0.4) is 0 Å². The topological polar surface area (TPSA) is 114 Å². The first-order chi connectivity index (χ1) is 8.40. The molecule has 1 aromatic heterocycles. The maximum atomic E-state index is 11.4. The minimum Gasteiger partial charge on any atom is -0.373 e. The average Bonchev–Trinajstić information content (AvgIpc) is 2.32. The molecule has 1 rings (SSSR count). The molecule has 9 heteroatoms. The summed E-state index contributed by atoms with van der Waals surface area (Å²) < 4.78 is 10.5. The zero-order valence-corrected chi connectivity index (χ0v) is 11.7. The standard InChI is InChI=1S/C9H13IN2O6/c1-17-6(9(15,16)18-10)2-4-12-5-3-7(13)11-8(12)14/h3,5-6,15-16H,2,4H2,1H3,(H,11,13,14). The van der Waals surface area contributed by atoms with Crippen LogP contribution in [0, 0.1) is 0 Å². The molecule has 0 radical (unpaired) electrons. The second-order valence-corrected chi connectivity index (χ2v) is 3.99. The van der Waals surface area contributed by atoms with Gasteiger partial charge in [-0.2, -0.15) is 0 Å². The maximum absolute atomic E-state index is 11.4. The Morgan fingerprint density at radius 3 is 2.72 bits per heavy atom. The Bertz CT molecular complexity index is 496. The van der Waals surface area contributed by atoms with Gasteiger partial charge in [-0.05, 0) is 6.42 Å². The molecule has 0 amide bonds. The Morgan fingerprint density at radius 2 is 2.22 bits per heavy atom. The Labute approximate surface area is 116 Å². The van der Waals surface area contributed by atoms with E-state index in [2.05, 4.69) is 8.05 Å². The molecule has 1 heterocycles. The Morgan fingerprint density at radius 1 is 1.56 bits per heavy atom. The van der Waals surface area contributed by atoms with Crippen molar-refractivity contribution >= 4 is 23.0 Å². The van der Waals surface area contributed by atoms with E-state index in [1.807, 2.05) is 0 Å². The monoisotopic (exact) mass is 372 g/mol. The normalized spacial score (nSPS) is 13.6. The number of halogens is 1. The number of methoxy groups -OCH3 is 1. The molecule has 0 aromatic carbocycles. The summed E-state index contributed by atoms with van der Waals surface area (Å²) in [7, 11) is 1.29. The molecule has 0 spiro atoms. The predicted octanol–water partition coefficient (Wildman–Crippen LogP) is -1.05. The van der Waals surface area contributed by atoms with Crippen molar-refractivity contribution in [1.82, 2.24) is 9.55 Å². The zero-order valence-electron chi connectivity index (χ0n) is 9.50. The third kappa shape index (κ3) is 3.88. The highest BCUT2D eigenvalue weighted by Crippen LogP contribution is 2.18. The van der Waals surface area contributed by atoms with Crippen LogP contribution in [0.4, 0.5) is 0 Å². The highest BCUT2D eigenvalue weighted by atomic mass is 127. The van der Waals surface area contributed by atoms with Crippen LogP contribution in [0.5, 0.6) is 0 Å². The van der Waals surface area contributed by atoms with Gasteiger partial charge < -0.3 is 19.5 Å². The van der Waals surface area contributed by atoms with Gasteiger partial charge in [0.05, 0.1) is 0 Å². The number of hydrogen-bond donors (Lipinski definition) is 3. The zero-order chi connectivity index (χ0) is 13.8. The molecule has 0 aliphatic rings. The molecular weight excluding hydrogens is 359 g/mol. The van der Waals surface area contributed by atoms with Crippen molar-refractivity contribution in [2.24, 2.45) is 0 Å². The highest BCUT2D eigenvalue weighted by molar-refractivity contribution is 14.1. The second kappa shape index (κ2) is 6.43. The lowest BCUT2D eigenvalue weighted by Gasteiger charge is -2.26. The Balaban J connectivity index is 2.74. The molecule has 1 atom stereocenters. The van der Waals surface area contributed by atoms with Crippen LogP contribution in [0.1, 0.15) is 6.42 Å². The van der Waals surface area contributed by atoms with Crippen molar-refractivity contribution in [3.8, 4) is 0 Å². The lowest BCUT2D eigenvalue weighted by Crippen LogP contribution is -2.44. The summed E-state index contributed by atoms with van der Waals surface area (Å²) in [6.45, 7) is 0.136. The number of nitrogens with zero attached hydrogens (tertiary/aromatic N) is 1. The van der Waals surface area contributed by atoms with Crippen molar-refractivity contribution in [2.45, 2.75) is 25.0 Å². The Kier molecular flexibility index (Phi) is 5.47. The van der Waals surface area contributed by atoms with E-state index < -0.39 is 23.3 Å². The second-order valence-electron chi connectivity index (χ2n) is 3.55. The van der Waals surface area contributed by atoms with Gasteiger partial charge in [0.25, 0.3) is 5.56 Å². The van der Waals surface area contributed by atoms with E-state index in [1.54, 1.807) is 0 Å². The predicted molar refractivity (Wildman–Crippen MR) is 69.0 cm³/mol. The summed E-state index contributed by atoms with van der Waals surface area (Å²) in [5.41, 5.74) is -1.07. The fourth-order valence-corrected chi connectivity index (χ4v) is 1.67. The fourth-order valence-electron chi connectivity index (χ4n) is 1.39. The molecular formula is C9H13IN2O6. The van der Waals surface area contributed by atoms with E-state index in [0.29, 0.717) is 0 Å². The first kappa shape index (κ1) is 15.3. The number of aryl methyl sites for hydroxylation is 1. The first-order valence-corrected chi connectivity index (χ1v) is 5.86. The van der Waals surface area contributed by atoms with Gasteiger partial charge in [-0.25, -0.2) is 4.79 Å². The summed E-state index contributed by atoms with van der Waals surface area (Å²) in [6, 6.07) is 1.20. The fraction of sp³-hybridized carbons (Fsp3) is 0.556. The van der Waals surface area contributed by atoms with Crippen LogP contribution in [-0.4, -0.2) is 39.0 Å². The van der Waals surface area contributed by atoms with E-state index >= 15 is 0 Å². The van der Waals surface area contributed by atoms with Crippen molar-refractivity contribution in [3.63, 3.8) is 0 Å². The molecule has 102 valence electrons. The van der Waals surface area contributed by atoms with E-state index in [0.717, 1.165) is 0 Å². The van der Waals surface area contributed by atoms with Crippen LogP contribution in [-0.2, 0) is 14.3 Å². The van der Waals surface area contributed by atoms with Gasteiger partial charge >= 0.3 is 11.7 Å². The average molecular weight is 372 g/mol. The molecule has 0 fully saturated rings.